The van der Waals surface area contributed by atoms with Crippen molar-refractivity contribution >= 4 is 23.2 Å². The molecule has 0 aliphatic heterocycles. The molecule has 0 unspecified atom stereocenters. The van der Waals surface area contributed by atoms with Gasteiger partial charge in [-0.15, -0.1) is 0 Å². The molecule has 0 amide bonds. The van der Waals surface area contributed by atoms with Gasteiger partial charge in [0.2, 0.25) is 0 Å². The molecule has 0 heterocycles. The van der Waals surface area contributed by atoms with Crippen LogP contribution in [0.15, 0.2) is 18.2 Å². The minimum absolute atomic E-state index is 0.572. The van der Waals surface area contributed by atoms with Crippen LogP contribution in [0.5, 0.6) is 5.75 Å². The van der Waals surface area contributed by atoms with Crippen LogP contribution in [0.25, 0.3) is 0 Å². The lowest BCUT2D eigenvalue weighted by Gasteiger charge is -2.08. The van der Waals surface area contributed by atoms with Crippen molar-refractivity contribution in [2.45, 2.75) is 25.3 Å². The van der Waals surface area contributed by atoms with E-state index in [0.717, 1.165) is 19.0 Å². The minimum atomic E-state index is 0.572. The standard InChI is InChI=1S/C12H15Cl2NO/c13-9-2-5-12(11(14)8-9)16-7-1-6-15-10-3-4-10/h2,5,8,10,15H,1,3-4,6-7H2. The molecule has 2 rings (SSSR count). The molecule has 1 saturated carbocycles. The summed E-state index contributed by atoms with van der Waals surface area (Å²) in [6.45, 7) is 1.69. The molecule has 1 aromatic rings. The van der Waals surface area contributed by atoms with Crippen molar-refractivity contribution in [1.82, 2.24) is 5.32 Å². The second kappa shape index (κ2) is 5.76. The van der Waals surface area contributed by atoms with Crippen molar-refractivity contribution in [3.8, 4) is 5.75 Å². The van der Waals surface area contributed by atoms with Crippen LogP contribution in [0.4, 0.5) is 0 Å². The van der Waals surface area contributed by atoms with E-state index < -0.39 is 0 Å². The van der Waals surface area contributed by atoms with Crippen LogP contribution in [0.3, 0.4) is 0 Å². The normalized spacial score (nSPS) is 15.1. The van der Waals surface area contributed by atoms with E-state index in [1.54, 1.807) is 18.2 Å². The first kappa shape index (κ1) is 12.0. The van der Waals surface area contributed by atoms with Gasteiger partial charge in [-0.3, -0.25) is 0 Å². The van der Waals surface area contributed by atoms with Crippen molar-refractivity contribution in [2.75, 3.05) is 13.2 Å². The summed E-state index contributed by atoms with van der Waals surface area (Å²) in [5.41, 5.74) is 0. The van der Waals surface area contributed by atoms with Crippen LogP contribution in [0.1, 0.15) is 19.3 Å². The maximum absolute atomic E-state index is 5.98. The third-order valence-electron chi connectivity index (χ3n) is 2.48. The lowest BCUT2D eigenvalue weighted by Crippen LogP contribution is -2.19. The Morgan fingerprint density at radius 1 is 1.31 bits per heavy atom. The highest BCUT2D eigenvalue weighted by atomic mass is 35.5. The Morgan fingerprint density at radius 2 is 2.12 bits per heavy atom. The van der Waals surface area contributed by atoms with Crippen molar-refractivity contribution in [1.29, 1.82) is 0 Å². The second-order valence-electron chi connectivity index (χ2n) is 4.01. The summed E-state index contributed by atoms with van der Waals surface area (Å²) < 4.78 is 5.56. The molecule has 0 saturated heterocycles. The molecule has 1 aromatic carbocycles. The number of nitrogens with one attached hydrogen (secondary N) is 1. The van der Waals surface area contributed by atoms with E-state index in [4.69, 9.17) is 27.9 Å². The average molecular weight is 260 g/mol. The van der Waals surface area contributed by atoms with Crippen LogP contribution in [-0.4, -0.2) is 19.2 Å². The maximum atomic E-state index is 5.98. The summed E-state index contributed by atoms with van der Waals surface area (Å²) in [6, 6.07) is 6.05. The van der Waals surface area contributed by atoms with Gasteiger partial charge in [0.25, 0.3) is 0 Å². The number of ether oxygens (including phenoxy) is 1. The van der Waals surface area contributed by atoms with E-state index in [0.29, 0.717) is 22.4 Å². The molecule has 4 heteroatoms. The fourth-order valence-corrected chi connectivity index (χ4v) is 1.90. The first-order valence-electron chi connectivity index (χ1n) is 5.57. The number of rotatable bonds is 6. The third kappa shape index (κ3) is 3.85. The van der Waals surface area contributed by atoms with E-state index in [-0.39, 0.29) is 0 Å². The van der Waals surface area contributed by atoms with Gasteiger partial charge >= 0.3 is 0 Å². The van der Waals surface area contributed by atoms with Gasteiger partial charge in [-0.25, -0.2) is 0 Å². The molecule has 16 heavy (non-hydrogen) atoms. The number of hydrogen-bond donors (Lipinski definition) is 1. The fourth-order valence-electron chi connectivity index (χ4n) is 1.44. The SMILES string of the molecule is Clc1ccc(OCCCNC2CC2)c(Cl)c1. The Morgan fingerprint density at radius 3 is 2.81 bits per heavy atom. The Bertz CT molecular complexity index is 353. The molecule has 1 fully saturated rings. The van der Waals surface area contributed by atoms with Crippen molar-refractivity contribution in [2.24, 2.45) is 0 Å². The molecule has 2 nitrogen and oxygen atoms in total. The quantitative estimate of drug-likeness (QED) is 0.790. The summed E-state index contributed by atoms with van der Waals surface area (Å²) in [7, 11) is 0. The third-order valence-corrected chi connectivity index (χ3v) is 3.01. The van der Waals surface area contributed by atoms with Gasteiger partial charge in [-0.05, 0) is 44.0 Å². The van der Waals surface area contributed by atoms with E-state index in [9.17, 15) is 0 Å². The van der Waals surface area contributed by atoms with Gasteiger partial charge in [0, 0.05) is 11.1 Å². The van der Waals surface area contributed by atoms with Gasteiger partial charge in [0.05, 0.1) is 11.6 Å². The topological polar surface area (TPSA) is 21.3 Å². The molecule has 0 spiro atoms. The lowest BCUT2D eigenvalue weighted by molar-refractivity contribution is 0.308. The molecule has 1 N–H and O–H groups in total. The largest absolute Gasteiger partial charge is 0.492 e. The Labute approximate surface area is 106 Å². The van der Waals surface area contributed by atoms with Crippen molar-refractivity contribution in [3.05, 3.63) is 28.2 Å². The zero-order valence-corrected chi connectivity index (χ0v) is 10.5. The molecular weight excluding hydrogens is 245 g/mol. The second-order valence-corrected chi connectivity index (χ2v) is 4.85. The molecule has 88 valence electrons. The number of hydrogen-bond acceptors (Lipinski definition) is 2. The van der Waals surface area contributed by atoms with Crippen LogP contribution < -0.4 is 10.1 Å². The van der Waals surface area contributed by atoms with Crippen molar-refractivity contribution < 1.29 is 4.74 Å². The van der Waals surface area contributed by atoms with E-state index >= 15 is 0 Å². The summed E-state index contributed by atoms with van der Waals surface area (Å²) in [6.07, 6.45) is 3.64. The highest BCUT2D eigenvalue weighted by Crippen LogP contribution is 2.27. The fraction of sp³-hybridized carbons (Fsp3) is 0.500. The average Bonchev–Trinajstić information content (AvgIpc) is 3.04. The molecule has 0 radical (unpaired) electrons. The van der Waals surface area contributed by atoms with E-state index in [1.807, 2.05) is 0 Å². The monoisotopic (exact) mass is 259 g/mol. The Balaban J connectivity index is 1.67. The molecule has 0 atom stereocenters. The summed E-state index contributed by atoms with van der Waals surface area (Å²) in [4.78, 5) is 0. The Hall–Kier alpha value is -0.440. The zero-order valence-electron chi connectivity index (χ0n) is 9.01. The number of benzene rings is 1. The smallest absolute Gasteiger partial charge is 0.137 e. The zero-order chi connectivity index (χ0) is 11.4. The molecule has 1 aliphatic rings. The van der Waals surface area contributed by atoms with Crippen LogP contribution >= 0.6 is 23.2 Å². The number of halogens is 2. The summed E-state index contributed by atoms with van der Waals surface area (Å²) in [5.74, 6) is 0.706. The van der Waals surface area contributed by atoms with Gasteiger partial charge in [0.1, 0.15) is 5.75 Å². The first-order chi connectivity index (χ1) is 7.75. The predicted molar refractivity (Wildman–Crippen MR) is 67.6 cm³/mol. The molecule has 0 aromatic heterocycles. The lowest BCUT2D eigenvalue weighted by atomic mass is 10.3. The summed E-state index contributed by atoms with van der Waals surface area (Å²) >= 11 is 11.8. The first-order valence-corrected chi connectivity index (χ1v) is 6.32. The van der Waals surface area contributed by atoms with Crippen LogP contribution in [0, 0.1) is 0 Å². The van der Waals surface area contributed by atoms with Crippen LogP contribution in [0.2, 0.25) is 10.0 Å². The van der Waals surface area contributed by atoms with E-state index in [1.165, 1.54) is 12.8 Å². The van der Waals surface area contributed by atoms with Gasteiger partial charge in [-0.1, -0.05) is 23.2 Å². The highest BCUT2D eigenvalue weighted by Gasteiger charge is 2.19. The van der Waals surface area contributed by atoms with Gasteiger partial charge in [0.15, 0.2) is 0 Å². The molecular formula is C12H15Cl2NO. The summed E-state index contributed by atoms with van der Waals surface area (Å²) in [5, 5.41) is 4.64. The van der Waals surface area contributed by atoms with Crippen molar-refractivity contribution in [3.63, 3.8) is 0 Å². The maximum Gasteiger partial charge on any atom is 0.137 e. The van der Waals surface area contributed by atoms with Gasteiger partial charge < -0.3 is 10.1 Å². The van der Waals surface area contributed by atoms with E-state index in [2.05, 4.69) is 5.32 Å². The van der Waals surface area contributed by atoms with Gasteiger partial charge in [-0.2, -0.15) is 0 Å². The predicted octanol–water partition coefficient (Wildman–Crippen LogP) is 3.51. The minimum Gasteiger partial charge on any atom is -0.492 e. The molecule has 0 bridgehead atoms. The molecule has 1 aliphatic carbocycles. The highest BCUT2D eigenvalue weighted by molar-refractivity contribution is 6.35. The Kier molecular flexibility index (Phi) is 4.33. The van der Waals surface area contributed by atoms with Crippen LogP contribution in [-0.2, 0) is 0 Å².